The van der Waals surface area contributed by atoms with Crippen molar-refractivity contribution >= 4 is 23.6 Å². The highest BCUT2D eigenvalue weighted by Gasteiger charge is 2.20. The number of ether oxygens (including phenoxy) is 1. The summed E-state index contributed by atoms with van der Waals surface area (Å²) in [5, 5.41) is 0. The number of rotatable bonds is 5. The Labute approximate surface area is 106 Å². The predicted octanol–water partition coefficient (Wildman–Crippen LogP) is 2.03. The minimum absolute atomic E-state index is 0.0177. The fourth-order valence-electron chi connectivity index (χ4n) is 1.12. The van der Waals surface area contributed by atoms with Crippen molar-refractivity contribution in [2.75, 3.05) is 0 Å². The molecule has 1 atom stereocenters. The van der Waals surface area contributed by atoms with Gasteiger partial charge in [-0.25, -0.2) is 4.79 Å². The fourth-order valence-corrected chi connectivity index (χ4v) is 1.74. The maximum absolute atomic E-state index is 12.3. The molecule has 1 aromatic carbocycles. The Morgan fingerprint density at radius 2 is 1.94 bits per heavy atom. The third kappa shape index (κ3) is 3.99. The predicted molar refractivity (Wildman–Crippen MR) is 62.4 cm³/mol. The van der Waals surface area contributed by atoms with Crippen LogP contribution in [0.4, 0.5) is 8.78 Å². The molecule has 0 aliphatic rings. The Kier molecular flexibility index (Phi) is 5.08. The van der Waals surface area contributed by atoms with Crippen LogP contribution in [0.3, 0.4) is 0 Å². The number of esters is 1. The van der Waals surface area contributed by atoms with E-state index >= 15 is 0 Å². The zero-order chi connectivity index (χ0) is 13.7. The third-order valence-corrected chi connectivity index (χ3v) is 2.80. The minimum Gasteiger partial charge on any atom is -0.449 e. The van der Waals surface area contributed by atoms with Gasteiger partial charge < -0.3 is 10.5 Å². The average Bonchev–Trinajstić information content (AvgIpc) is 2.28. The normalized spacial score (nSPS) is 12.2. The van der Waals surface area contributed by atoms with E-state index in [9.17, 15) is 18.4 Å². The molecule has 1 amide bonds. The van der Waals surface area contributed by atoms with Gasteiger partial charge in [0.1, 0.15) is 0 Å². The second-order valence-corrected chi connectivity index (χ2v) is 4.36. The van der Waals surface area contributed by atoms with Gasteiger partial charge in [-0.05, 0) is 19.1 Å². The summed E-state index contributed by atoms with van der Waals surface area (Å²) in [6.45, 7) is 1.31. The van der Waals surface area contributed by atoms with E-state index in [0.29, 0.717) is 0 Å². The molecule has 98 valence electrons. The van der Waals surface area contributed by atoms with Gasteiger partial charge in [-0.15, -0.1) is 0 Å². The van der Waals surface area contributed by atoms with Gasteiger partial charge in [0.25, 0.3) is 11.7 Å². The highest BCUT2D eigenvalue weighted by atomic mass is 32.2. The molecule has 1 rings (SSSR count). The number of benzene rings is 1. The minimum atomic E-state index is -2.65. The largest absolute Gasteiger partial charge is 0.449 e. The molecule has 7 heteroatoms. The van der Waals surface area contributed by atoms with Gasteiger partial charge in [0.2, 0.25) is 0 Å². The number of carbonyl (C=O) groups is 2. The molecule has 0 saturated carbocycles. The first-order valence-corrected chi connectivity index (χ1v) is 5.84. The smallest absolute Gasteiger partial charge is 0.340 e. The van der Waals surface area contributed by atoms with Crippen LogP contribution < -0.4 is 5.73 Å². The number of hydrogen-bond acceptors (Lipinski definition) is 4. The number of thioether (sulfide) groups is 1. The summed E-state index contributed by atoms with van der Waals surface area (Å²) < 4.78 is 29.3. The van der Waals surface area contributed by atoms with Crippen LogP contribution in [0.25, 0.3) is 0 Å². The summed E-state index contributed by atoms with van der Waals surface area (Å²) in [5.41, 5.74) is 4.92. The zero-order valence-electron chi connectivity index (χ0n) is 9.43. The molecule has 0 aliphatic heterocycles. The molecule has 0 heterocycles. The topological polar surface area (TPSA) is 69.4 Å². The van der Waals surface area contributed by atoms with Crippen LogP contribution in [0.1, 0.15) is 17.3 Å². The van der Waals surface area contributed by atoms with E-state index in [0.717, 1.165) is 0 Å². The SMILES string of the molecule is C[C@H](OC(=O)c1ccccc1SC(F)F)C(N)=O. The van der Waals surface area contributed by atoms with E-state index < -0.39 is 23.7 Å². The molecule has 0 fully saturated rings. The first-order chi connectivity index (χ1) is 8.41. The lowest BCUT2D eigenvalue weighted by molar-refractivity contribution is -0.125. The zero-order valence-corrected chi connectivity index (χ0v) is 10.2. The molecular formula is C11H11F2NO3S. The first-order valence-electron chi connectivity index (χ1n) is 4.96. The summed E-state index contributed by atoms with van der Waals surface area (Å²) >= 11 is 0.239. The highest BCUT2D eigenvalue weighted by molar-refractivity contribution is 7.99. The van der Waals surface area contributed by atoms with Crippen molar-refractivity contribution in [3.05, 3.63) is 29.8 Å². The highest BCUT2D eigenvalue weighted by Crippen LogP contribution is 2.28. The molecule has 0 aromatic heterocycles. The van der Waals surface area contributed by atoms with E-state index in [1.54, 1.807) is 0 Å². The van der Waals surface area contributed by atoms with Crippen molar-refractivity contribution in [3.63, 3.8) is 0 Å². The maximum atomic E-state index is 12.3. The van der Waals surface area contributed by atoms with Gasteiger partial charge in [-0.1, -0.05) is 23.9 Å². The van der Waals surface area contributed by atoms with E-state index in [4.69, 9.17) is 10.5 Å². The Bertz CT molecular complexity index is 454. The van der Waals surface area contributed by atoms with Crippen molar-refractivity contribution < 1.29 is 23.1 Å². The van der Waals surface area contributed by atoms with Crippen LogP contribution in [0.15, 0.2) is 29.2 Å². The van der Waals surface area contributed by atoms with E-state index in [1.807, 2.05) is 0 Å². The van der Waals surface area contributed by atoms with E-state index in [1.165, 1.54) is 31.2 Å². The van der Waals surface area contributed by atoms with Crippen molar-refractivity contribution in [3.8, 4) is 0 Å². The van der Waals surface area contributed by atoms with E-state index in [2.05, 4.69) is 0 Å². The second kappa shape index (κ2) is 6.34. The van der Waals surface area contributed by atoms with Crippen molar-refractivity contribution in [1.29, 1.82) is 0 Å². The molecular weight excluding hydrogens is 264 g/mol. The lowest BCUT2D eigenvalue weighted by Crippen LogP contribution is -2.30. The molecule has 1 aromatic rings. The van der Waals surface area contributed by atoms with Gasteiger partial charge in [-0.2, -0.15) is 8.78 Å². The first kappa shape index (κ1) is 14.4. The fraction of sp³-hybridized carbons (Fsp3) is 0.273. The summed E-state index contributed by atoms with van der Waals surface area (Å²) in [7, 11) is 0. The summed E-state index contributed by atoms with van der Waals surface area (Å²) in [5.74, 6) is -4.31. The molecule has 0 bridgehead atoms. The molecule has 4 nitrogen and oxygen atoms in total. The second-order valence-electron chi connectivity index (χ2n) is 3.32. The average molecular weight is 275 g/mol. The molecule has 18 heavy (non-hydrogen) atoms. The molecule has 0 aliphatic carbocycles. The quantitative estimate of drug-likeness (QED) is 0.659. The molecule has 0 saturated heterocycles. The Hall–Kier alpha value is -1.63. The molecule has 0 spiro atoms. The van der Waals surface area contributed by atoms with Gasteiger partial charge in [0.15, 0.2) is 6.10 Å². The lowest BCUT2D eigenvalue weighted by atomic mass is 10.2. The van der Waals surface area contributed by atoms with E-state index in [-0.39, 0.29) is 22.2 Å². The number of carbonyl (C=O) groups excluding carboxylic acids is 2. The van der Waals surface area contributed by atoms with Crippen molar-refractivity contribution in [2.45, 2.75) is 23.7 Å². The van der Waals surface area contributed by atoms with Crippen LogP contribution in [0, 0.1) is 0 Å². The number of alkyl halides is 2. The van der Waals surface area contributed by atoms with Crippen LogP contribution in [0.5, 0.6) is 0 Å². The Balaban J connectivity index is 2.88. The number of primary amides is 1. The summed E-state index contributed by atoms with van der Waals surface area (Å²) in [6, 6.07) is 5.77. The van der Waals surface area contributed by atoms with Crippen molar-refractivity contribution in [1.82, 2.24) is 0 Å². The Morgan fingerprint density at radius 1 is 1.33 bits per heavy atom. The van der Waals surface area contributed by atoms with Crippen LogP contribution >= 0.6 is 11.8 Å². The number of halogens is 2. The monoisotopic (exact) mass is 275 g/mol. The summed E-state index contributed by atoms with van der Waals surface area (Å²) in [6.07, 6.45) is -1.11. The number of amides is 1. The summed E-state index contributed by atoms with van der Waals surface area (Å²) in [4.78, 5) is 22.5. The van der Waals surface area contributed by atoms with Gasteiger partial charge >= 0.3 is 5.97 Å². The lowest BCUT2D eigenvalue weighted by Gasteiger charge is -2.11. The molecule has 2 N–H and O–H groups in total. The maximum Gasteiger partial charge on any atom is 0.340 e. The number of hydrogen-bond donors (Lipinski definition) is 1. The van der Waals surface area contributed by atoms with Gasteiger partial charge in [0.05, 0.1) is 5.56 Å². The van der Waals surface area contributed by atoms with Gasteiger partial charge in [-0.3, -0.25) is 4.79 Å². The molecule has 0 radical (unpaired) electrons. The molecule has 0 unspecified atom stereocenters. The Morgan fingerprint density at radius 3 is 2.50 bits per heavy atom. The standard InChI is InChI=1S/C11H11F2NO3S/c1-6(9(14)15)17-10(16)7-4-2-3-5-8(7)18-11(12)13/h2-6,11H,1H3,(H2,14,15)/t6-/m0/s1. The van der Waals surface area contributed by atoms with Crippen molar-refractivity contribution in [2.24, 2.45) is 5.73 Å². The third-order valence-electron chi connectivity index (χ3n) is 2.01. The van der Waals surface area contributed by atoms with Gasteiger partial charge in [0, 0.05) is 4.90 Å². The van der Waals surface area contributed by atoms with Crippen LogP contribution in [-0.4, -0.2) is 23.7 Å². The van der Waals surface area contributed by atoms with Crippen LogP contribution in [-0.2, 0) is 9.53 Å². The van der Waals surface area contributed by atoms with Crippen LogP contribution in [0.2, 0.25) is 0 Å². The number of nitrogens with two attached hydrogens (primary N) is 1.